The first-order valence-corrected chi connectivity index (χ1v) is 7.26. The van der Waals surface area contributed by atoms with Crippen LogP contribution in [0.4, 0.5) is 4.39 Å². The van der Waals surface area contributed by atoms with E-state index in [4.69, 9.17) is 0 Å². The third-order valence-corrected chi connectivity index (χ3v) is 3.91. The predicted molar refractivity (Wildman–Crippen MR) is 87.6 cm³/mol. The van der Waals surface area contributed by atoms with Gasteiger partial charge in [0.1, 0.15) is 5.82 Å². The monoisotopic (exact) mass is 309 g/mol. The molecule has 3 nitrogen and oxygen atoms in total. The molecule has 0 unspecified atom stereocenters. The molecule has 0 radical (unpaired) electrons. The number of carboxylic acids is 1. The third-order valence-electron chi connectivity index (χ3n) is 3.91. The molecule has 1 N–H and O–H groups in total. The Kier molecular flexibility index (Phi) is 3.74. The molecule has 0 saturated heterocycles. The number of carbonyl (C=O) groups is 1. The highest BCUT2D eigenvalue weighted by Gasteiger charge is 2.18. The molecule has 116 valence electrons. The van der Waals surface area contributed by atoms with Crippen LogP contribution >= 0.6 is 0 Å². The molecular formula is C19H16FNO2. The second kappa shape index (κ2) is 5.72. The number of benzene rings is 2. The van der Waals surface area contributed by atoms with E-state index >= 15 is 0 Å². The maximum absolute atomic E-state index is 13.2. The van der Waals surface area contributed by atoms with Crippen LogP contribution in [0.2, 0.25) is 0 Å². The Morgan fingerprint density at radius 3 is 2.17 bits per heavy atom. The average molecular weight is 309 g/mol. The van der Waals surface area contributed by atoms with Gasteiger partial charge < -0.3 is 9.67 Å². The first kappa shape index (κ1) is 15.0. The zero-order chi connectivity index (χ0) is 16.6. The van der Waals surface area contributed by atoms with Gasteiger partial charge in [0.05, 0.1) is 11.3 Å². The summed E-state index contributed by atoms with van der Waals surface area (Å²) in [6.45, 7) is 3.75. The molecule has 1 heterocycles. The summed E-state index contributed by atoms with van der Waals surface area (Å²) in [5.74, 6) is -1.30. The Bertz CT molecular complexity index is 862. The number of hydrogen-bond acceptors (Lipinski definition) is 1. The average Bonchev–Trinajstić information content (AvgIpc) is 2.87. The van der Waals surface area contributed by atoms with Crippen LogP contribution < -0.4 is 0 Å². The van der Waals surface area contributed by atoms with Crippen LogP contribution in [0.3, 0.4) is 0 Å². The number of aromatic nitrogens is 1. The number of halogens is 1. The van der Waals surface area contributed by atoms with Crippen LogP contribution in [-0.4, -0.2) is 15.6 Å². The van der Waals surface area contributed by atoms with Gasteiger partial charge in [-0.1, -0.05) is 29.8 Å². The molecule has 0 aliphatic carbocycles. The zero-order valence-electron chi connectivity index (χ0n) is 12.9. The molecule has 0 amide bonds. The van der Waals surface area contributed by atoms with E-state index < -0.39 is 5.97 Å². The summed E-state index contributed by atoms with van der Waals surface area (Å²) in [5.41, 5.74) is 4.39. The SMILES string of the molecule is Cc1ccc(-c2cc(C(=O)O)c(C)n2-c2ccc(F)cc2)cc1. The van der Waals surface area contributed by atoms with E-state index in [0.717, 1.165) is 22.5 Å². The second-order valence-corrected chi connectivity index (χ2v) is 5.51. The van der Waals surface area contributed by atoms with E-state index in [1.54, 1.807) is 25.1 Å². The van der Waals surface area contributed by atoms with Crippen molar-refractivity contribution in [3.8, 4) is 16.9 Å². The lowest BCUT2D eigenvalue weighted by atomic mass is 10.1. The summed E-state index contributed by atoms with van der Waals surface area (Å²) in [4.78, 5) is 11.5. The van der Waals surface area contributed by atoms with E-state index in [1.807, 2.05) is 35.8 Å². The normalized spacial score (nSPS) is 10.7. The molecule has 4 heteroatoms. The van der Waals surface area contributed by atoms with Gasteiger partial charge in [-0.3, -0.25) is 0 Å². The number of nitrogens with zero attached hydrogens (tertiary/aromatic N) is 1. The van der Waals surface area contributed by atoms with Gasteiger partial charge in [0.15, 0.2) is 0 Å². The molecule has 0 aliphatic heterocycles. The standard InChI is InChI=1S/C19H16FNO2/c1-12-3-5-14(6-4-12)18-11-17(19(22)23)13(2)21(18)16-9-7-15(20)8-10-16/h3-11H,1-2H3,(H,22,23). The highest BCUT2D eigenvalue weighted by molar-refractivity contribution is 5.91. The van der Waals surface area contributed by atoms with Crippen molar-refractivity contribution in [2.24, 2.45) is 0 Å². The van der Waals surface area contributed by atoms with Gasteiger partial charge in [-0.05, 0) is 49.7 Å². The summed E-state index contributed by atoms with van der Waals surface area (Å²) in [7, 11) is 0. The fourth-order valence-electron chi connectivity index (χ4n) is 2.68. The van der Waals surface area contributed by atoms with E-state index in [-0.39, 0.29) is 11.4 Å². The Morgan fingerprint density at radius 1 is 1.00 bits per heavy atom. The maximum atomic E-state index is 13.2. The topological polar surface area (TPSA) is 42.2 Å². The molecule has 23 heavy (non-hydrogen) atoms. The van der Waals surface area contributed by atoms with Gasteiger partial charge in [0.25, 0.3) is 0 Å². The Hall–Kier alpha value is -2.88. The maximum Gasteiger partial charge on any atom is 0.337 e. The Morgan fingerprint density at radius 2 is 1.61 bits per heavy atom. The molecule has 3 rings (SSSR count). The number of aryl methyl sites for hydroxylation is 1. The lowest BCUT2D eigenvalue weighted by molar-refractivity contribution is 0.0696. The zero-order valence-corrected chi connectivity index (χ0v) is 12.9. The van der Waals surface area contributed by atoms with E-state index in [9.17, 15) is 14.3 Å². The van der Waals surface area contributed by atoms with E-state index in [0.29, 0.717) is 5.69 Å². The van der Waals surface area contributed by atoms with Crippen LogP contribution in [0.15, 0.2) is 54.6 Å². The molecule has 0 aliphatic rings. The highest BCUT2D eigenvalue weighted by Crippen LogP contribution is 2.29. The summed E-state index contributed by atoms with van der Waals surface area (Å²) in [5, 5.41) is 9.41. The highest BCUT2D eigenvalue weighted by atomic mass is 19.1. The van der Waals surface area contributed by atoms with Gasteiger partial charge in [-0.2, -0.15) is 0 Å². The van der Waals surface area contributed by atoms with Crippen molar-refractivity contribution in [1.29, 1.82) is 0 Å². The molecule has 0 atom stereocenters. The number of hydrogen-bond donors (Lipinski definition) is 1. The van der Waals surface area contributed by atoms with Crippen LogP contribution in [0, 0.1) is 19.7 Å². The fourth-order valence-corrected chi connectivity index (χ4v) is 2.68. The van der Waals surface area contributed by atoms with E-state index in [1.165, 1.54) is 12.1 Å². The van der Waals surface area contributed by atoms with Crippen molar-refractivity contribution < 1.29 is 14.3 Å². The Labute approximate surface area is 133 Å². The number of carboxylic acid groups (broad SMARTS) is 1. The summed E-state index contributed by atoms with van der Waals surface area (Å²) in [6.07, 6.45) is 0. The van der Waals surface area contributed by atoms with Crippen LogP contribution in [0.1, 0.15) is 21.6 Å². The van der Waals surface area contributed by atoms with Crippen LogP contribution in [-0.2, 0) is 0 Å². The molecule has 0 fully saturated rings. The first-order valence-electron chi connectivity index (χ1n) is 7.26. The quantitative estimate of drug-likeness (QED) is 0.768. The number of aromatic carboxylic acids is 1. The summed E-state index contributed by atoms with van der Waals surface area (Å²) < 4.78 is 15.0. The van der Waals surface area contributed by atoms with Gasteiger partial charge in [0.2, 0.25) is 0 Å². The summed E-state index contributed by atoms with van der Waals surface area (Å²) in [6, 6.07) is 15.6. The van der Waals surface area contributed by atoms with Gasteiger partial charge in [-0.25, -0.2) is 9.18 Å². The number of rotatable bonds is 3. The van der Waals surface area contributed by atoms with Crippen molar-refractivity contribution in [2.75, 3.05) is 0 Å². The van der Waals surface area contributed by atoms with Crippen molar-refractivity contribution >= 4 is 5.97 Å². The smallest absolute Gasteiger partial charge is 0.337 e. The molecular weight excluding hydrogens is 293 g/mol. The molecule has 0 spiro atoms. The molecule has 2 aromatic carbocycles. The van der Waals surface area contributed by atoms with Crippen molar-refractivity contribution in [3.63, 3.8) is 0 Å². The molecule has 1 aromatic heterocycles. The van der Waals surface area contributed by atoms with Gasteiger partial charge in [-0.15, -0.1) is 0 Å². The van der Waals surface area contributed by atoms with Crippen molar-refractivity contribution in [1.82, 2.24) is 4.57 Å². The minimum atomic E-state index is -0.975. The van der Waals surface area contributed by atoms with Crippen molar-refractivity contribution in [3.05, 3.63) is 77.2 Å². The summed E-state index contributed by atoms with van der Waals surface area (Å²) >= 11 is 0. The first-order chi connectivity index (χ1) is 11.0. The van der Waals surface area contributed by atoms with Gasteiger partial charge >= 0.3 is 5.97 Å². The third kappa shape index (κ3) is 2.75. The fraction of sp³-hybridized carbons (Fsp3) is 0.105. The van der Waals surface area contributed by atoms with E-state index in [2.05, 4.69) is 0 Å². The lowest BCUT2D eigenvalue weighted by Crippen LogP contribution is -2.02. The predicted octanol–water partition coefficient (Wildman–Crippen LogP) is 4.60. The lowest BCUT2D eigenvalue weighted by Gasteiger charge is -2.12. The molecule has 0 saturated carbocycles. The molecule has 0 bridgehead atoms. The largest absolute Gasteiger partial charge is 0.478 e. The molecule has 3 aromatic rings. The minimum Gasteiger partial charge on any atom is -0.478 e. The second-order valence-electron chi connectivity index (χ2n) is 5.51. The van der Waals surface area contributed by atoms with Crippen molar-refractivity contribution in [2.45, 2.75) is 13.8 Å². The Balaban J connectivity index is 2.25. The van der Waals surface area contributed by atoms with Crippen LogP contribution in [0.25, 0.3) is 16.9 Å². The van der Waals surface area contributed by atoms with Gasteiger partial charge in [0, 0.05) is 11.4 Å². The minimum absolute atomic E-state index is 0.241. The van der Waals surface area contributed by atoms with Crippen LogP contribution in [0.5, 0.6) is 0 Å².